The summed E-state index contributed by atoms with van der Waals surface area (Å²) in [7, 11) is 0. The largest absolute Gasteiger partial charge is 0.370 e. The van der Waals surface area contributed by atoms with Crippen LogP contribution >= 0.6 is 0 Å². The lowest BCUT2D eigenvalue weighted by Gasteiger charge is -2.21. The maximum Gasteiger partial charge on any atom is 0.198 e. The van der Waals surface area contributed by atoms with E-state index in [-0.39, 0.29) is 0 Å². The molecular formula is C15H21N5. The lowest BCUT2D eigenvalue weighted by atomic mass is 10.3. The fourth-order valence-corrected chi connectivity index (χ4v) is 2.50. The van der Waals surface area contributed by atoms with Gasteiger partial charge in [0, 0.05) is 25.3 Å². The van der Waals surface area contributed by atoms with Gasteiger partial charge in [0.1, 0.15) is 5.84 Å². The fourth-order valence-electron chi connectivity index (χ4n) is 2.50. The summed E-state index contributed by atoms with van der Waals surface area (Å²) in [5.41, 5.74) is 1.08. The van der Waals surface area contributed by atoms with Gasteiger partial charge in [0.05, 0.1) is 13.1 Å². The van der Waals surface area contributed by atoms with Crippen LogP contribution in [0.1, 0.15) is 12.8 Å². The SMILES string of the molecule is c1ccc(NC(=NCC2=NCCN2)N2CCCC2)cc1. The molecule has 106 valence electrons. The standard InChI is InChI=1S/C15H21N5/c1-2-6-13(7-3-1)19-15(20-10-4-5-11-20)18-12-14-16-8-9-17-14/h1-3,6-7H,4-5,8-12H2,(H,16,17)(H,18,19). The third kappa shape index (κ3) is 3.29. The lowest BCUT2D eigenvalue weighted by Crippen LogP contribution is -2.35. The number of amidine groups is 1. The van der Waals surface area contributed by atoms with Crippen LogP contribution in [0, 0.1) is 0 Å². The van der Waals surface area contributed by atoms with Gasteiger partial charge in [-0.15, -0.1) is 0 Å². The van der Waals surface area contributed by atoms with Gasteiger partial charge in [-0.05, 0) is 25.0 Å². The molecule has 20 heavy (non-hydrogen) atoms. The number of nitrogens with zero attached hydrogens (tertiary/aromatic N) is 3. The van der Waals surface area contributed by atoms with Gasteiger partial charge in [-0.1, -0.05) is 18.2 Å². The molecule has 2 aliphatic heterocycles. The summed E-state index contributed by atoms with van der Waals surface area (Å²) < 4.78 is 0. The maximum atomic E-state index is 4.72. The zero-order chi connectivity index (χ0) is 13.6. The van der Waals surface area contributed by atoms with E-state index in [0.29, 0.717) is 6.54 Å². The number of rotatable bonds is 3. The third-order valence-corrected chi connectivity index (χ3v) is 3.56. The molecule has 2 N–H and O–H groups in total. The number of para-hydroxylation sites is 1. The molecule has 0 aliphatic carbocycles. The van der Waals surface area contributed by atoms with Crippen molar-refractivity contribution < 1.29 is 0 Å². The Bertz CT molecular complexity index is 488. The van der Waals surface area contributed by atoms with E-state index < -0.39 is 0 Å². The number of anilines is 1. The van der Waals surface area contributed by atoms with E-state index >= 15 is 0 Å². The van der Waals surface area contributed by atoms with E-state index in [0.717, 1.165) is 43.7 Å². The van der Waals surface area contributed by atoms with Crippen LogP contribution in [-0.4, -0.2) is 49.4 Å². The van der Waals surface area contributed by atoms with Crippen LogP contribution in [0.5, 0.6) is 0 Å². The van der Waals surface area contributed by atoms with Gasteiger partial charge < -0.3 is 15.5 Å². The van der Waals surface area contributed by atoms with E-state index in [2.05, 4.69) is 32.7 Å². The van der Waals surface area contributed by atoms with E-state index in [9.17, 15) is 0 Å². The van der Waals surface area contributed by atoms with Crippen LogP contribution in [0.2, 0.25) is 0 Å². The smallest absolute Gasteiger partial charge is 0.198 e. The first-order valence-electron chi connectivity index (χ1n) is 7.30. The van der Waals surface area contributed by atoms with E-state index in [4.69, 9.17) is 4.99 Å². The molecule has 5 nitrogen and oxygen atoms in total. The summed E-state index contributed by atoms with van der Waals surface area (Å²) >= 11 is 0. The molecule has 5 heteroatoms. The number of aliphatic imine (C=N–C) groups is 2. The number of likely N-dealkylation sites (tertiary alicyclic amines) is 1. The van der Waals surface area contributed by atoms with Crippen LogP contribution in [0.3, 0.4) is 0 Å². The highest BCUT2D eigenvalue weighted by Gasteiger charge is 2.16. The zero-order valence-electron chi connectivity index (χ0n) is 11.7. The minimum Gasteiger partial charge on any atom is -0.370 e. The van der Waals surface area contributed by atoms with Crippen molar-refractivity contribution in [3.05, 3.63) is 30.3 Å². The summed E-state index contributed by atoms with van der Waals surface area (Å²) in [5, 5.41) is 6.70. The first kappa shape index (κ1) is 13.0. The van der Waals surface area contributed by atoms with Gasteiger partial charge >= 0.3 is 0 Å². The van der Waals surface area contributed by atoms with Crippen molar-refractivity contribution in [2.75, 3.05) is 38.0 Å². The molecule has 0 spiro atoms. The summed E-state index contributed by atoms with van der Waals surface area (Å²) in [6.07, 6.45) is 2.49. The molecule has 3 rings (SSSR count). The molecule has 2 heterocycles. The predicted molar refractivity (Wildman–Crippen MR) is 83.5 cm³/mol. The molecule has 0 radical (unpaired) electrons. The Morgan fingerprint density at radius 3 is 2.75 bits per heavy atom. The van der Waals surface area contributed by atoms with Crippen molar-refractivity contribution in [3.8, 4) is 0 Å². The van der Waals surface area contributed by atoms with Gasteiger partial charge in [0.25, 0.3) is 0 Å². The van der Waals surface area contributed by atoms with E-state index in [1.807, 2.05) is 18.2 Å². The number of guanidine groups is 1. The topological polar surface area (TPSA) is 52.0 Å². The molecule has 0 amide bonds. The average Bonchev–Trinajstić information content (AvgIpc) is 3.18. The lowest BCUT2D eigenvalue weighted by molar-refractivity contribution is 0.516. The predicted octanol–water partition coefficient (Wildman–Crippen LogP) is 1.55. The van der Waals surface area contributed by atoms with Crippen LogP contribution < -0.4 is 10.6 Å². The van der Waals surface area contributed by atoms with Gasteiger partial charge in [-0.25, -0.2) is 4.99 Å². The maximum absolute atomic E-state index is 4.72. The van der Waals surface area contributed by atoms with Crippen LogP contribution in [0.4, 0.5) is 5.69 Å². The summed E-state index contributed by atoms with van der Waals surface area (Å²) in [6.45, 7) is 4.61. The summed E-state index contributed by atoms with van der Waals surface area (Å²) in [4.78, 5) is 11.4. The molecule has 0 atom stereocenters. The van der Waals surface area contributed by atoms with Crippen LogP contribution in [0.25, 0.3) is 0 Å². The molecule has 0 bridgehead atoms. The van der Waals surface area contributed by atoms with Crippen molar-refractivity contribution in [1.29, 1.82) is 0 Å². The van der Waals surface area contributed by atoms with Crippen molar-refractivity contribution >= 4 is 17.5 Å². The minimum atomic E-state index is 0.631. The first-order valence-corrected chi connectivity index (χ1v) is 7.30. The van der Waals surface area contributed by atoms with Crippen molar-refractivity contribution in [1.82, 2.24) is 10.2 Å². The van der Waals surface area contributed by atoms with Gasteiger partial charge in [-0.3, -0.25) is 4.99 Å². The Kier molecular flexibility index (Phi) is 4.16. The number of hydrogen-bond acceptors (Lipinski definition) is 3. The van der Waals surface area contributed by atoms with E-state index in [1.54, 1.807) is 0 Å². The fraction of sp³-hybridized carbons (Fsp3) is 0.467. The zero-order valence-corrected chi connectivity index (χ0v) is 11.7. The highest BCUT2D eigenvalue weighted by Crippen LogP contribution is 2.12. The third-order valence-electron chi connectivity index (χ3n) is 3.56. The summed E-state index contributed by atoms with van der Waals surface area (Å²) in [6, 6.07) is 10.2. The molecule has 1 saturated heterocycles. The second-order valence-electron chi connectivity index (χ2n) is 5.08. The molecule has 0 aromatic heterocycles. The molecule has 0 saturated carbocycles. The Hall–Kier alpha value is -2.04. The van der Waals surface area contributed by atoms with Crippen molar-refractivity contribution in [2.24, 2.45) is 9.98 Å². The molecule has 1 fully saturated rings. The average molecular weight is 271 g/mol. The Labute approximate surface area is 119 Å². The molecule has 1 aromatic rings. The second kappa shape index (κ2) is 6.41. The Morgan fingerprint density at radius 1 is 1.25 bits per heavy atom. The van der Waals surface area contributed by atoms with Crippen molar-refractivity contribution in [2.45, 2.75) is 12.8 Å². The van der Waals surface area contributed by atoms with Crippen LogP contribution in [-0.2, 0) is 0 Å². The highest BCUT2D eigenvalue weighted by molar-refractivity contribution is 5.96. The second-order valence-corrected chi connectivity index (χ2v) is 5.08. The Morgan fingerprint density at radius 2 is 2.05 bits per heavy atom. The Balaban J connectivity index is 1.71. The number of benzene rings is 1. The highest BCUT2D eigenvalue weighted by atomic mass is 15.3. The molecule has 0 unspecified atom stereocenters. The van der Waals surface area contributed by atoms with Gasteiger partial charge in [0.15, 0.2) is 5.96 Å². The van der Waals surface area contributed by atoms with Crippen molar-refractivity contribution in [3.63, 3.8) is 0 Å². The van der Waals surface area contributed by atoms with Gasteiger partial charge in [0.2, 0.25) is 0 Å². The molecular weight excluding hydrogens is 250 g/mol. The van der Waals surface area contributed by atoms with Gasteiger partial charge in [-0.2, -0.15) is 0 Å². The van der Waals surface area contributed by atoms with E-state index in [1.165, 1.54) is 12.8 Å². The molecule has 1 aromatic carbocycles. The first-order chi connectivity index (χ1) is 9.92. The molecule has 2 aliphatic rings. The monoisotopic (exact) mass is 271 g/mol. The van der Waals surface area contributed by atoms with Crippen LogP contribution in [0.15, 0.2) is 40.3 Å². The quantitative estimate of drug-likeness (QED) is 0.648. The number of hydrogen-bond donors (Lipinski definition) is 2. The number of nitrogens with one attached hydrogen (secondary N) is 2. The normalized spacial score (nSPS) is 18.9. The summed E-state index contributed by atoms with van der Waals surface area (Å²) in [5.74, 6) is 1.96. The minimum absolute atomic E-state index is 0.631.